The molecule has 0 aromatic carbocycles. The molecule has 0 spiro atoms. The van der Waals surface area contributed by atoms with Crippen LogP contribution in [0.1, 0.15) is 19.8 Å². The monoisotopic (exact) mass is 178 g/mol. The van der Waals surface area contributed by atoms with Crippen molar-refractivity contribution >= 4 is 22.2 Å². The molecule has 1 unspecified atom stereocenters. The summed E-state index contributed by atoms with van der Waals surface area (Å²) in [7, 11) is 0. The van der Waals surface area contributed by atoms with E-state index in [9.17, 15) is 4.79 Å². The first-order valence-corrected chi connectivity index (χ1v) is 3.93. The number of alkyl halides is 1. The molecule has 0 saturated carbocycles. The van der Waals surface area contributed by atoms with E-state index in [-0.39, 0.29) is 0 Å². The summed E-state index contributed by atoms with van der Waals surface area (Å²) in [5, 5.41) is 1.00. The highest BCUT2D eigenvalue weighted by atomic mass is 79.9. The topological polar surface area (TPSA) is 17.1 Å². The van der Waals surface area contributed by atoms with E-state index in [4.69, 9.17) is 0 Å². The zero-order chi connectivity index (χ0) is 6.41. The highest BCUT2D eigenvalue weighted by Crippen LogP contribution is 2.06. The Balaban J connectivity index is 3.03. The van der Waals surface area contributed by atoms with Crippen molar-refractivity contribution < 1.29 is 4.79 Å². The maximum Gasteiger partial charge on any atom is 0.120 e. The summed E-state index contributed by atoms with van der Waals surface area (Å²) < 4.78 is 0. The van der Waals surface area contributed by atoms with Gasteiger partial charge in [-0.25, -0.2) is 0 Å². The van der Waals surface area contributed by atoms with Crippen LogP contribution >= 0.6 is 15.9 Å². The normalized spacial score (nSPS) is 13.2. The second-order valence-electron chi connectivity index (χ2n) is 1.99. The Morgan fingerprint density at radius 2 is 2.38 bits per heavy atom. The van der Waals surface area contributed by atoms with Gasteiger partial charge >= 0.3 is 0 Å². The van der Waals surface area contributed by atoms with Crippen molar-refractivity contribution in [3.8, 4) is 0 Å². The lowest BCUT2D eigenvalue weighted by Gasteiger charge is -2.01. The third kappa shape index (κ3) is 4.31. The minimum absolute atomic E-state index is 0.548. The van der Waals surface area contributed by atoms with Crippen LogP contribution in [0.25, 0.3) is 0 Å². The van der Waals surface area contributed by atoms with Gasteiger partial charge in [0.25, 0.3) is 0 Å². The van der Waals surface area contributed by atoms with Crippen molar-refractivity contribution in [1.29, 1.82) is 0 Å². The number of hydrogen-bond donors (Lipinski definition) is 0. The van der Waals surface area contributed by atoms with Crippen molar-refractivity contribution in [2.24, 2.45) is 5.92 Å². The SMILES string of the molecule is CC(CC=O)CCBr. The number of carbonyl (C=O) groups excluding carboxylic acids is 1. The predicted octanol–water partition coefficient (Wildman–Crippen LogP) is 2.00. The molecule has 8 heavy (non-hydrogen) atoms. The van der Waals surface area contributed by atoms with Crippen molar-refractivity contribution in [2.45, 2.75) is 19.8 Å². The molecule has 0 N–H and O–H groups in total. The van der Waals surface area contributed by atoms with Crippen LogP contribution in [0.2, 0.25) is 0 Å². The molecule has 0 radical (unpaired) electrons. The Kier molecular flexibility index (Phi) is 5.39. The first kappa shape index (κ1) is 8.15. The average Bonchev–Trinajstić information content (AvgIpc) is 1.68. The van der Waals surface area contributed by atoms with E-state index in [2.05, 4.69) is 22.9 Å². The van der Waals surface area contributed by atoms with Crippen LogP contribution in [0.4, 0.5) is 0 Å². The van der Waals surface area contributed by atoms with Gasteiger partial charge in [-0.15, -0.1) is 0 Å². The first-order chi connectivity index (χ1) is 3.81. The quantitative estimate of drug-likeness (QED) is 0.476. The molecule has 0 fully saturated rings. The highest BCUT2D eigenvalue weighted by Gasteiger charge is 1.96. The zero-order valence-electron chi connectivity index (χ0n) is 5.06. The summed E-state index contributed by atoms with van der Waals surface area (Å²) in [6, 6.07) is 0. The van der Waals surface area contributed by atoms with E-state index in [0.717, 1.165) is 18.0 Å². The van der Waals surface area contributed by atoms with Gasteiger partial charge in [-0.1, -0.05) is 22.9 Å². The Hall–Kier alpha value is 0.150. The third-order valence-electron chi connectivity index (χ3n) is 1.10. The van der Waals surface area contributed by atoms with Gasteiger partial charge in [0.2, 0.25) is 0 Å². The molecular formula is C6H11BrO. The molecule has 0 aromatic rings. The van der Waals surface area contributed by atoms with Crippen molar-refractivity contribution in [2.75, 3.05) is 5.33 Å². The summed E-state index contributed by atoms with van der Waals surface area (Å²) in [5.41, 5.74) is 0. The smallest absolute Gasteiger partial charge is 0.120 e. The lowest BCUT2D eigenvalue weighted by molar-refractivity contribution is -0.108. The van der Waals surface area contributed by atoms with Gasteiger partial charge < -0.3 is 4.79 Å². The van der Waals surface area contributed by atoms with Gasteiger partial charge in [0.05, 0.1) is 0 Å². The van der Waals surface area contributed by atoms with E-state index in [1.807, 2.05) is 0 Å². The fourth-order valence-electron chi connectivity index (χ4n) is 0.468. The highest BCUT2D eigenvalue weighted by molar-refractivity contribution is 9.09. The van der Waals surface area contributed by atoms with Crippen molar-refractivity contribution in [3.63, 3.8) is 0 Å². The molecule has 0 saturated heterocycles. The molecule has 1 nitrogen and oxygen atoms in total. The largest absolute Gasteiger partial charge is 0.303 e. The minimum atomic E-state index is 0.548. The number of halogens is 1. The maximum absolute atomic E-state index is 9.87. The summed E-state index contributed by atoms with van der Waals surface area (Å²) in [4.78, 5) is 9.87. The molecule has 0 bridgehead atoms. The van der Waals surface area contributed by atoms with E-state index < -0.39 is 0 Å². The molecule has 48 valence electrons. The molecule has 0 aromatic heterocycles. The third-order valence-corrected chi connectivity index (χ3v) is 1.56. The molecule has 0 heterocycles. The molecular weight excluding hydrogens is 168 g/mol. The Morgan fingerprint density at radius 3 is 2.75 bits per heavy atom. The molecule has 0 aliphatic carbocycles. The van der Waals surface area contributed by atoms with E-state index in [0.29, 0.717) is 12.3 Å². The standard InChI is InChI=1S/C6H11BrO/c1-6(2-4-7)3-5-8/h5-6H,2-4H2,1H3. The maximum atomic E-state index is 9.87. The summed E-state index contributed by atoms with van der Waals surface area (Å²) in [6.07, 6.45) is 2.78. The Bertz CT molecular complexity index is 63.5. The summed E-state index contributed by atoms with van der Waals surface area (Å²) in [5.74, 6) is 0.548. The van der Waals surface area contributed by atoms with Crippen molar-refractivity contribution in [1.82, 2.24) is 0 Å². The fourth-order valence-corrected chi connectivity index (χ4v) is 1.25. The van der Waals surface area contributed by atoms with E-state index in [1.165, 1.54) is 0 Å². The zero-order valence-corrected chi connectivity index (χ0v) is 6.65. The second kappa shape index (κ2) is 5.29. The fraction of sp³-hybridized carbons (Fsp3) is 0.833. The molecule has 0 aliphatic heterocycles. The number of carbonyl (C=O) groups is 1. The van der Waals surface area contributed by atoms with Crippen LogP contribution in [-0.2, 0) is 4.79 Å². The van der Waals surface area contributed by atoms with Crippen LogP contribution < -0.4 is 0 Å². The van der Waals surface area contributed by atoms with Gasteiger partial charge in [0.15, 0.2) is 0 Å². The molecule has 0 aliphatic rings. The minimum Gasteiger partial charge on any atom is -0.303 e. The van der Waals surface area contributed by atoms with Gasteiger partial charge in [-0.2, -0.15) is 0 Å². The Morgan fingerprint density at radius 1 is 1.75 bits per heavy atom. The Labute approximate surface area is 58.6 Å². The lowest BCUT2D eigenvalue weighted by Crippen LogP contribution is -1.94. The van der Waals surface area contributed by atoms with Crippen LogP contribution in [0.5, 0.6) is 0 Å². The first-order valence-electron chi connectivity index (χ1n) is 2.81. The lowest BCUT2D eigenvalue weighted by atomic mass is 10.1. The molecule has 1 atom stereocenters. The van der Waals surface area contributed by atoms with Gasteiger partial charge in [0.1, 0.15) is 6.29 Å². The predicted molar refractivity (Wildman–Crippen MR) is 38.3 cm³/mol. The molecule has 0 rings (SSSR count). The summed E-state index contributed by atoms with van der Waals surface area (Å²) in [6.45, 7) is 2.08. The van der Waals surface area contributed by atoms with Gasteiger partial charge in [-0.3, -0.25) is 0 Å². The van der Waals surface area contributed by atoms with Crippen LogP contribution in [0, 0.1) is 5.92 Å². The van der Waals surface area contributed by atoms with Gasteiger partial charge in [0, 0.05) is 11.8 Å². The van der Waals surface area contributed by atoms with Crippen molar-refractivity contribution in [3.05, 3.63) is 0 Å². The van der Waals surface area contributed by atoms with Gasteiger partial charge in [-0.05, 0) is 12.3 Å². The van der Waals surface area contributed by atoms with E-state index in [1.54, 1.807) is 0 Å². The van der Waals surface area contributed by atoms with E-state index >= 15 is 0 Å². The second-order valence-corrected chi connectivity index (χ2v) is 2.78. The average molecular weight is 179 g/mol. The molecule has 0 amide bonds. The number of aldehydes is 1. The van der Waals surface area contributed by atoms with Crippen LogP contribution in [-0.4, -0.2) is 11.6 Å². The molecule has 2 heteroatoms. The number of rotatable bonds is 4. The van der Waals surface area contributed by atoms with Crippen LogP contribution in [0.3, 0.4) is 0 Å². The number of hydrogen-bond acceptors (Lipinski definition) is 1. The van der Waals surface area contributed by atoms with Crippen LogP contribution in [0.15, 0.2) is 0 Å². The summed E-state index contributed by atoms with van der Waals surface area (Å²) >= 11 is 3.30.